The van der Waals surface area contributed by atoms with Gasteiger partial charge in [-0.05, 0) is 44.3 Å². The Bertz CT molecular complexity index is 831. The second kappa shape index (κ2) is 9.38. The highest BCUT2D eigenvalue weighted by Gasteiger charge is 2.29. The van der Waals surface area contributed by atoms with Crippen LogP contribution >= 0.6 is 15.9 Å². The molecular weight excluding hydrogens is 446 g/mol. The lowest BCUT2D eigenvalue weighted by Gasteiger charge is -2.18. The number of anilines is 1. The number of carbonyl (C=O) groups excluding carboxylic acids is 1. The van der Waals surface area contributed by atoms with Crippen LogP contribution in [-0.4, -0.2) is 38.9 Å². The standard InChI is InChI=1S/C19H26BrNO6Si/c1-24-13-9-8-12(11-14(13)25-2)17-16(23)18(27-28(3,4)5)19(26-17)21-15(22)7-6-10-20/h8-9,11,23H,6-7,10H2,1-5H3,(H,21,22). The fourth-order valence-corrected chi connectivity index (χ4v) is 3.56. The molecule has 0 bridgehead atoms. The van der Waals surface area contributed by atoms with Gasteiger partial charge in [-0.3, -0.25) is 10.1 Å². The van der Waals surface area contributed by atoms with Gasteiger partial charge in [-0.15, -0.1) is 0 Å². The number of methoxy groups -OCH3 is 2. The van der Waals surface area contributed by atoms with E-state index in [9.17, 15) is 9.90 Å². The predicted molar refractivity (Wildman–Crippen MR) is 115 cm³/mol. The van der Waals surface area contributed by atoms with E-state index in [4.69, 9.17) is 18.3 Å². The summed E-state index contributed by atoms with van der Waals surface area (Å²) in [6.07, 6.45) is 1.01. The van der Waals surface area contributed by atoms with Crippen molar-refractivity contribution in [1.82, 2.24) is 0 Å². The van der Waals surface area contributed by atoms with Crippen LogP contribution in [0.5, 0.6) is 23.0 Å². The van der Waals surface area contributed by atoms with Gasteiger partial charge < -0.3 is 23.4 Å². The second-order valence-electron chi connectivity index (χ2n) is 7.06. The summed E-state index contributed by atoms with van der Waals surface area (Å²) in [5, 5.41) is 14.2. The second-order valence-corrected chi connectivity index (χ2v) is 12.3. The smallest absolute Gasteiger partial charge is 0.245 e. The van der Waals surface area contributed by atoms with Gasteiger partial charge in [0.05, 0.1) is 14.2 Å². The number of carbonyl (C=O) groups is 1. The van der Waals surface area contributed by atoms with E-state index in [1.54, 1.807) is 25.3 Å². The quantitative estimate of drug-likeness (QED) is 0.395. The molecule has 2 rings (SSSR count). The molecule has 28 heavy (non-hydrogen) atoms. The lowest BCUT2D eigenvalue weighted by atomic mass is 10.1. The summed E-state index contributed by atoms with van der Waals surface area (Å²) >= 11 is 3.30. The minimum absolute atomic E-state index is 0.101. The van der Waals surface area contributed by atoms with Crippen LogP contribution in [0.1, 0.15) is 12.8 Å². The van der Waals surface area contributed by atoms with Crippen LogP contribution in [0.15, 0.2) is 22.6 Å². The summed E-state index contributed by atoms with van der Waals surface area (Å²) in [5.74, 6) is 1.11. The Morgan fingerprint density at radius 3 is 2.46 bits per heavy atom. The molecule has 0 atom stereocenters. The van der Waals surface area contributed by atoms with Crippen molar-refractivity contribution in [2.45, 2.75) is 32.5 Å². The summed E-state index contributed by atoms with van der Waals surface area (Å²) < 4.78 is 22.4. The molecule has 1 amide bonds. The maximum absolute atomic E-state index is 12.2. The van der Waals surface area contributed by atoms with Crippen molar-refractivity contribution in [2.75, 3.05) is 24.9 Å². The maximum atomic E-state index is 12.2. The molecule has 2 N–H and O–H groups in total. The van der Waals surface area contributed by atoms with Gasteiger partial charge in [-0.25, -0.2) is 0 Å². The summed E-state index contributed by atoms with van der Waals surface area (Å²) in [7, 11) is 0.990. The first-order valence-corrected chi connectivity index (χ1v) is 13.4. The molecule has 2 aromatic rings. The van der Waals surface area contributed by atoms with E-state index in [1.807, 2.05) is 19.6 Å². The minimum Gasteiger partial charge on any atom is -0.538 e. The Morgan fingerprint density at radius 2 is 1.89 bits per heavy atom. The average molecular weight is 472 g/mol. The number of aromatic hydroxyl groups is 1. The van der Waals surface area contributed by atoms with Crippen molar-refractivity contribution < 1.29 is 28.2 Å². The molecule has 1 heterocycles. The highest BCUT2D eigenvalue weighted by atomic mass is 79.9. The number of nitrogens with one attached hydrogen (secondary N) is 1. The van der Waals surface area contributed by atoms with Gasteiger partial charge in [0.15, 0.2) is 17.3 Å². The van der Waals surface area contributed by atoms with E-state index < -0.39 is 8.32 Å². The van der Waals surface area contributed by atoms with E-state index in [-0.39, 0.29) is 29.1 Å². The van der Waals surface area contributed by atoms with E-state index >= 15 is 0 Å². The highest BCUT2D eigenvalue weighted by molar-refractivity contribution is 9.09. The molecule has 0 fully saturated rings. The van der Waals surface area contributed by atoms with Crippen molar-refractivity contribution in [3.63, 3.8) is 0 Å². The van der Waals surface area contributed by atoms with Crippen molar-refractivity contribution in [3.05, 3.63) is 18.2 Å². The normalized spacial score (nSPS) is 11.2. The molecule has 0 unspecified atom stereocenters. The molecule has 0 saturated carbocycles. The molecule has 0 saturated heterocycles. The van der Waals surface area contributed by atoms with Gasteiger partial charge in [0, 0.05) is 17.3 Å². The third kappa shape index (κ3) is 5.45. The summed E-state index contributed by atoms with van der Waals surface area (Å²) in [4.78, 5) is 12.2. The molecule has 9 heteroatoms. The van der Waals surface area contributed by atoms with E-state index in [0.717, 1.165) is 5.33 Å². The first kappa shape index (κ1) is 22.2. The largest absolute Gasteiger partial charge is 0.538 e. The van der Waals surface area contributed by atoms with Crippen LogP contribution in [0.2, 0.25) is 19.6 Å². The first-order chi connectivity index (χ1) is 13.2. The molecule has 154 valence electrons. The third-order valence-electron chi connectivity index (χ3n) is 3.68. The topological polar surface area (TPSA) is 90.2 Å². The number of hydrogen-bond acceptors (Lipinski definition) is 6. The maximum Gasteiger partial charge on any atom is 0.245 e. The number of furan rings is 1. The molecule has 0 aliphatic heterocycles. The number of hydrogen-bond donors (Lipinski definition) is 2. The predicted octanol–water partition coefficient (Wildman–Crippen LogP) is 5.00. The van der Waals surface area contributed by atoms with Gasteiger partial charge in [0.1, 0.15) is 0 Å². The fourth-order valence-electron chi connectivity index (χ4n) is 2.48. The van der Waals surface area contributed by atoms with E-state index in [0.29, 0.717) is 29.9 Å². The Morgan fingerprint density at radius 1 is 1.21 bits per heavy atom. The molecule has 0 aliphatic rings. The summed E-state index contributed by atoms with van der Waals surface area (Å²) in [6.45, 7) is 5.93. The van der Waals surface area contributed by atoms with Crippen LogP contribution in [-0.2, 0) is 4.79 Å². The first-order valence-electron chi connectivity index (χ1n) is 8.83. The third-order valence-corrected chi connectivity index (χ3v) is 5.06. The van der Waals surface area contributed by atoms with Crippen molar-refractivity contribution in [1.29, 1.82) is 0 Å². The van der Waals surface area contributed by atoms with Gasteiger partial charge in [0.2, 0.25) is 31.6 Å². The molecule has 1 aromatic heterocycles. The van der Waals surface area contributed by atoms with Crippen LogP contribution in [0.4, 0.5) is 5.88 Å². The molecule has 1 aromatic carbocycles. The van der Waals surface area contributed by atoms with Crippen molar-refractivity contribution in [3.8, 4) is 34.3 Å². The molecular formula is C19H26BrNO6Si. The zero-order valence-electron chi connectivity index (χ0n) is 16.7. The molecule has 7 nitrogen and oxygen atoms in total. The van der Waals surface area contributed by atoms with Gasteiger partial charge >= 0.3 is 0 Å². The Hall–Kier alpha value is -2.13. The van der Waals surface area contributed by atoms with Crippen molar-refractivity contribution in [2.24, 2.45) is 0 Å². The molecule has 0 aliphatic carbocycles. The van der Waals surface area contributed by atoms with Crippen LogP contribution in [0.25, 0.3) is 11.3 Å². The Labute approximate surface area is 174 Å². The van der Waals surface area contributed by atoms with Crippen LogP contribution < -0.4 is 19.2 Å². The zero-order valence-corrected chi connectivity index (χ0v) is 19.3. The number of rotatable bonds is 9. The number of ether oxygens (including phenoxy) is 2. The summed E-state index contributed by atoms with van der Waals surface area (Å²) in [5.41, 5.74) is 0.566. The molecule has 0 radical (unpaired) electrons. The average Bonchev–Trinajstić information content (AvgIpc) is 2.93. The van der Waals surface area contributed by atoms with Gasteiger partial charge in [-0.1, -0.05) is 15.9 Å². The van der Waals surface area contributed by atoms with E-state index in [2.05, 4.69) is 21.2 Å². The number of alkyl halides is 1. The van der Waals surface area contributed by atoms with Gasteiger partial charge in [-0.2, -0.15) is 0 Å². The number of halogens is 1. The van der Waals surface area contributed by atoms with Crippen LogP contribution in [0, 0.1) is 0 Å². The highest BCUT2D eigenvalue weighted by Crippen LogP contribution is 2.48. The minimum atomic E-state index is -2.08. The summed E-state index contributed by atoms with van der Waals surface area (Å²) in [6, 6.07) is 5.13. The number of amides is 1. The van der Waals surface area contributed by atoms with Gasteiger partial charge in [0.25, 0.3) is 0 Å². The monoisotopic (exact) mass is 471 g/mol. The number of benzene rings is 1. The zero-order chi connectivity index (χ0) is 20.9. The Kier molecular flexibility index (Phi) is 7.42. The van der Waals surface area contributed by atoms with Crippen molar-refractivity contribution >= 4 is 36.0 Å². The van der Waals surface area contributed by atoms with E-state index in [1.165, 1.54) is 7.11 Å². The van der Waals surface area contributed by atoms with Crippen LogP contribution in [0.3, 0.4) is 0 Å². The lowest BCUT2D eigenvalue weighted by Crippen LogP contribution is -2.29. The molecule has 0 spiro atoms. The lowest BCUT2D eigenvalue weighted by molar-refractivity contribution is -0.116. The Balaban J connectivity index is 2.48. The fraction of sp³-hybridized carbons (Fsp3) is 0.421. The SMILES string of the molecule is COc1ccc(-c2oc(NC(=O)CCCBr)c(O[Si](C)(C)C)c2O)cc1OC.